The van der Waals surface area contributed by atoms with Gasteiger partial charge in [0.2, 0.25) is 0 Å². The van der Waals surface area contributed by atoms with Gasteiger partial charge in [-0.05, 0) is 33.6 Å². The fourth-order valence-electron chi connectivity index (χ4n) is 2.74. The Kier molecular flexibility index (Phi) is 4.82. The van der Waals surface area contributed by atoms with E-state index in [9.17, 15) is 9.59 Å². The summed E-state index contributed by atoms with van der Waals surface area (Å²) in [6.07, 6.45) is 1.79. The maximum Gasteiger partial charge on any atom is 0.325 e. The minimum Gasteiger partial charge on any atom is -0.465 e. The van der Waals surface area contributed by atoms with E-state index in [1.54, 1.807) is 11.8 Å². The maximum absolute atomic E-state index is 12.2. The van der Waals surface area contributed by atoms with Gasteiger partial charge in [-0.25, -0.2) is 4.79 Å². The third-order valence-electron chi connectivity index (χ3n) is 3.62. The number of carbonyl (C=O) groups excluding carboxylic acids is 2. The van der Waals surface area contributed by atoms with Gasteiger partial charge in [-0.3, -0.25) is 4.79 Å². The van der Waals surface area contributed by atoms with Crippen molar-refractivity contribution >= 4 is 12.0 Å². The average molecular weight is 295 g/mol. The molecular weight excluding hydrogens is 274 g/mol. The van der Waals surface area contributed by atoms with Gasteiger partial charge in [-0.1, -0.05) is 5.16 Å². The zero-order valence-electron chi connectivity index (χ0n) is 12.6. The Hall–Kier alpha value is -2.05. The molecule has 1 fully saturated rings. The normalized spacial score (nSPS) is 17.9. The minimum atomic E-state index is -0.432. The Morgan fingerprint density at radius 3 is 2.86 bits per heavy atom. The monoisotopic (exact) mass is 295 g/mol. The summed E-state index contributed by atoms with van der Waals surface area (Å²) in [5.74, 6) is 0.307. The molecule has 0 spiro atoms. The van der Waals surface area contributed by atoms with Crippen molar-refractivity contribution in [2.24, 2.45) is 0 Å². The quantitative estimate of drug-likeness (QED) is 0.855. The van der Waals surface area contributed by atoms with Crippen LogP contribution in [-0.2, 0) is 9.53 Å². The molecule has 1 aliphatic rings. The van der Waals surface area contributed by atoms with Crippen LogP contribution in [0.25, 0.3) is 0 Å². The van der Waals surface area contributed by atoms with Gasteiger partial charge in [0.05, 0.1) is 18.3 Å². The van der Waals surface area contributed by atoms with E-state index in [1.807, 2.05) is 13.8 Å². The molecule has 1 unspecified atom stereocenters. The number of ether oxygens (including phenoxy) is 1. The topological polar surface area (TPSA) is 84.7 Å². The second-order valence-corrected chi connectivity index (χ2v) is 5.05. The van der Waals surface area contributed by atoms with E-state index in [0.717, 1.165) is 29.9 Å². The minimum absolute atomic E-state index is 0.0431. The summed E-state index contributed by atoms with van der Waals surface area (Å²) < 4.78 is 9.98. The van der Waals surface area contributed by atoms with Crippen LogP contribution in [0.15, 0.2) is 4.52 Å². The lowest BCUT2D eigenvalue weighted by atomic mass is 10.0. The number of likely N-dealkylation sites (tertiary alicyclic amines) is 1. The summed E-state index contributed by atoms with van der Waals surface area (Å²) in [5.41, 5.74) is 1.78. The van der Waals surface area contributed by atoms with Crippen molar-refractivity contribution in [3.63, 3.8) is 0 Å². The molecule has 0 aliphatic carbocycles. The van der Waals surface area contributed by atoms with Crippen molar-refractivity contribution in [1.82, 2.24) is 15.4 Å². The van der Waals surface area contributed by atoms with Crippen molar-refractivity contribution in [3.8, 4) is 0 Å². The van der Waals surface area contributed by atoms with Crippen molar-refractivity contribution in [3.05, 3.63) is 17.0 Å². The van der Waals surface area contributed by atoms with Crippen molar-refractivity contribution in [2.75, 3.05) is 19.7 Å². The highest BCUT2D eigenvalue weighted by molar-refractivity contribution is 5.81. The Balaban J connectivity index is 2.02. The SMILES string of the molecule is CCOC(=O)CNC(=O)N1CCCC1c1c(C)noc1C. The number of aromatic nitrogens is 1. The molecular formula is C14H21N3O4. The number of hydrogen-bond acceptors (Lipinski definition) is 5. The predicted molar refractivity (Wildman–Crippen MR) is 74.7 cm³/mol. The van der Waals surface area contributed by atoms with Gasteiger partial charge < -0.3 is 19.5 Å². The number of urea groups is 1. The lowest BCUT2D eigenvalue weighted by molar-refractivity contribution is -0.141. The molecule has 7 heteroatoms. The Labute approximate surface area is 123 Å². The number of nitrogens with zero attached hydrogens (tertiary/aromatic N) is 2. The molecule has 1 saturated heterocycles. The van der Waals surface area contributed by atoms with Crippen LogP contribution < -0.4 is 5.32 Å². The smallest absolute Gasteiger partial charge is 0.325 e. The second kappa shape index (κ2) is 6.60. The van der Waals surface area contributed by atoms with E-state index in [0.29, 0.717) is 13.2 Å². The van der Waals surface area contributed by atoms with Gasteiger partial charge in [-0.2, -0.15) is 0 Å². The highest BCUT2D eigenvalue weighted by atomic mass is 16.5. The molecule has 1 atom stereocenters. The van der Waals surface area contributed by atoms with E-state index < -0.39 is 5.97 Å². The third-order valence-corrected chi connectivity index (χ3v) is 3.62. The first kappa shape index (κ1) is 15.3. The summed E-state index contributed by atoms with van der Waals surface area (Å²) in [5, 5.41) is 6.55. The number of rotatable bonds is 4. The molecule has 1 N–H and O–H groups in total. The number of nitrogens with one attached hydrogen (secondary N) is 1. The van der Waals surface area contributed by atoms with E-state index >= 15 is 0 Å². The summed E-state index contributed by atoms with van der Waals surface area (Å²) in [6.45, 7) is 6.30. The predicted octanol–water partition coefficient (Wildman–Crippen LogP) is 1.70. The first-order valence-corrected chi connectivity index (χ1v) is 7.17. The number of amides is 2. The number of aryl methyl sites for hydroxylation is 2. The second-order valence-electron chi connectivity index (χ2n) is 5.05. The van der Waals surface area contributed by atoms with Gasteiger partial charge in [0, 0.05) is 12.1 Å². The van der Waals surface area contributed by atoms with Crippen LogP contribution in [-0.4, -0.2) is 41.8 Å². The van der Waals surface area contributed by atoms with Crippen molar-refractivity contribution < 1.29 is 18.8 Å². The van der Waals surface area contributed by atoms with Crippen LogP contribution in [0.4, 0.5) is 4.79 Å². The zero-order valence-corrected chi connectivity index (χ0v) is 12.6. The largest absolute Gasteiger partial charge is 0.465 e. The number of carbonyl (C=O) groups is 2. The molecule has 2 heterocycles. The van der Waals surface area contributed by atoms with Crippen LogP contribution in [0.2, 0.25) is 0 Å². The molecule has 0 aromatic carbocycles. The van der Waals surface area contributed by atoms with Gasteiger partial charge in [-0.15, -0.1) is 0 Å². The van der Waals surface area contributed by atoms with Crippen LogP contribution in [0, 0.1) is 13.8 Å². The summed E-state index contributed by atoms with van der Waals surface area (Å²) >= 11 is 0. The molecule has 21 heavy (non-hydrogen) atoms. The van der Waals surface area contributed by atoms with E-state index in [4.69, 9.17) is 9.26 Å². The van der Waals surface area contributed by atoms with Gasteiger partial charge in [0.1, 0.15) is 12.3 Å². The molecule has 2 amide bonds. The lowest BCUT2D eigenvalue weighted by Crippen LogP contribution is -2.42. The molecule has 2 rings (SSSR count). The molecule has 0 radical (unpaired) electrons. The highest BCUT2D eigenvalue weighted by Gasteiger charge is 2.33. The van der Waals surface area contributed by atoms with Gasteiger partial charge in [0.15, 0.2) is 0 Å². The molecule has 1 aliphatic heterocycles. The Morgan fingerprint density at radius 1 is 1.48 bits per heavy atom. The Morgan fingerprint density at radius 2 is 2.24 bits per heavy atom. The van der Waals surface area contributed by atoms with E-state index in [-0.39, 0.29) is 18.6 Å². The van der Waals surface area contributed by atoms with Crippen molar-refractivity contribution in [1.29, 1.82) is 0 Å². The van der Waals surface area contributed by atoms with Crippen LogP contribution >= 0.6 is 0 Å². The molecule has 1 aromatic heterocycles. The average Bonchev–Trinajstić information content (AvgIpc) is 3.03. The molecule has 116 valence electrons. The van der Waals surface area contributed by atoms with Crippen LogP contribution in [0.1, 0.15) is 42.8 Å². The summed E-state index contributed by atoms with van der Waals surface area (Å²) in [4.78, 5) is 25.3. The van der Waals surface area contributed by atoms with Crippen LogP contribution in [0.5, 0.6) is 0 Å². The molecule has 0 bridgehead atoms. The standard InChI is InChI=1S/C14H21N3O4/c1-4-20-12(18)8-15-14(19)17-7-5-6-11(17)13-9(2)16-21-10(13)3/h11H,4-8H2,1-3H3,(H,15,19). The molecule has 7 nitrogen and oxygen atoms in total. The maximum atomic E-state index is 12.2. The number of esters is 1. The van der Waals surface area contributed by atoms with Gasteiger partial charge in [0.25, 0.3) is 0 Å². The van der Waals surface area contributed by atoms with Crippen LogP contribution in [0.3, 0.4) is 0 Å². The number of hydrogen-bond donors (Lipinski definition) is 1. The lowest BCUT2D eigenvalue weighted by Gasteiger charge is -2.24. The van der Waals surface area contributed by atoms with Gasteiger partial charge >= 0.3 is 12.0 Å². The first-order chi connectivity index (χ1) is 10.0. The molecule has 0 saturated carbocycles. The van der Waals surface area contributed by atoms with E-state index in [1.165, 1.54) is 0 Å². The summed E-state index contributed by atoms with van der Waals surface area (Å²) in [7, 11) is 0. The Bertz CT molecular complexity index is 507. The fourth-order valence-corrected chi connectivity index (χ4v) is 2.74. The first-order valence-electron chi connectivity index (χ1n) is 7.17. The zero-order chi connectivity index (χ0) is 15.4. The van der Waals surface area contributed by atoms with Crippen molar-refractivity contribution in [2.45, 2.75) is 39.7 Å². The summed E-state index contributed by atoms with van der Waals surface area (Å²) in [6, 6.07) is -0.302. The van der Waals surface area contributed by atoms with E-state index in [2.05, 4.69) is 10.5 Å². The molecule has 1 aromatic rings. The highest BCUT2D eigenvalue weighted by Crippen LogP contribution is 2.35. The third kappa shape index (κ3) is 3.34. The fraction of sp³-hybridized carbons (Fsp3) is 0.643.